The van der Waals surface area contributed by atoms with E-state index >= 15 is 0 Å². The third-order valence-corrected chi connectivity index (χ3v) is 6.21. The van der Waals surface area contributed by atoms with Crippen LogP contribution in [0.5, 0.6) is 11.5 Å². The second-order valence-corrected chi connectivity index (χ2v) is 9.07. The molecular formula is C23H27BrCl2N2O3. The van der Waals surface area contributed by atoms with Crippen LogP contribution in [0.4, 0.5) is 0 Å². The summed E-state index contributed by atoms with van der Waals surface area (Å²) in [7, 11) is 0. The van der Waals surface area contributed by atoms with Crippen LogP contribution in [0.15, 0.2) is 34.8 Å². The molecule has 0 bridgehead atoms. The number of amides is 1. The minimum atomic E-state index is 0.278. The Hall–Kier alpha value is -1.47. The molecule has 1 aliphatic heterocycles. The highest BCUT2D eigenvalue weighted by molar-refractivity contribution is 9.10. The molecule has 0 unspecified atom stereocenters. The molecule has 2 aromatic carbocycles. The van der Waals surface area contributed by atoms with Gasteiger partial charge in [-0.25, -0.2) is 0 Å². The summed E-state index contributed by atoms with van der Waals surface area (Å²) in [6, 6.07) is 9.36. The molecule has 0 aromatic heterocycles. The van der Waals surface area contributed by atoms with Crippen molar-refractivity contribution in [3.8, 4) is 11.5 Å². The highest BCUT2D eigenvalue weighted by Gasteiger charge is 2.19. The fraction of sp³-hybridized carbons (Fsp3) is 0.435. The molecule has 1 N–H and O–H groups in total. The largest absolute Gasteiger partial charge is 0.490 e. The molecule has 0 atom stereocenters. The van der Waals surface area contributed by atoms with Crippen LogP contribution < -0.4 is 14.8 Å². The van der Waals surface area contributed by atoms with E-state index in [4.69, 9.17) is 32.7 Å². The fourth-order valence-electron chi connectivity index (χ4n) is 3.48. The van der Waals surface area contributed by atoms with E-state index in [-0.39, 0.29) is 5.91 Å². The molecule has 1 heterocycles. The van der Waals surface area contributed by atoms with Gasteiger partial charge in [0, 0.05) is 41.7 Å². The molecule has 5 nitrogen and oxygen atoms in total. The first-order chi connectivity index (χ1) is 15.0. The quantitative estimate of drug-likeness (QED) is 0.372. The molecule has 31 heavy (non-hydrogen) atoms. The van der Waals surface area contributed by atoms with Crippen LogP contribution in [0.1, 0.15) is 37.3 Å². The van der Waals surface area contributed by atoms with Crippen molar-refractivity contribution in [1.82, 2.24) is 10.2 Å². The number of ether oxygens (including phenoxy) is 2. The van der Waals surface area contributed by atoms with Crippen molar-refractivity contribution in [2.75, 3.05) is 26.2 Å². The smallest absolute Gasteiger partial charge is 0.222 e. The molecular weight excluding hydrogens is 503 g/mol. The lowest BCUT2D eigenvalue weighted by atomic mass is 10.2. The van der Waals surface area contributed by atoms with E-state index < -0.39 is 0 Å². The number of hydrogen-bond acceptors (Lipinski definition) is 4. The number of rotatable bonds is 11. The Morgan fingerprint density at radius 1 is 1.19 bits per heavy atom. The number of carbonyl (C=O) groups excluding carboxylic acids is 1. The van der Waals surface area contributed by atoms with Gasteiger partial charge in [0.15, 0.2) is 11.5 Å². The Morgan fingerprint density at radius 3 is 2.74 bits per heavy atom. The van der Waals surface area contributed by atoms with Crippen LogP contribution >= 0.6 is 39.1 Å². The SMILES string of the molecule is CCOc1cc(CNCCCN2CCCC2=O)cc(Br)c1OCc1ccc(Cl)cc1Cl. The van der Waals surface area contributed by atoms with Gasteiger partial charge in [0.25, 0.3) is 0 Å². The van der Waals surface area contributed by atoms with E-state index in [9.17, 15) is 4.79 Å². The number of hydrogen-bond donors (Lipinski definition) is 1. The molecule has 2 aromatic rings. The Labute approximate surface area is 202 Å². The topological polar surface area (TPSA) is 50.8 Å². The summed E-state index contributed by atoms with van der Waals surface area (Å²) in [5, 5.41) is 4.60. The van der Waals surface area contributed by atoms with E-state index in [0.29, 0.717) is 47.7 Å². The van der Waals surface area contributed by atoms with E-state index in [1.807, 2.05) is 30.0 Å². The molecule has 1 fully saturated rings. The van der Waals surface area contributed by atoms with Gasteiger partial charge in [0.05, 0.1) is 11.1 Å². The highest BCUT2D eigenvalue weighted by Crippen LogP contribution is 2.38. The maximum atomic E-state index is 11.7. The van der Waals surface area contributed by atoms with E-state index in [0.717, 1.165) is 48.1 Å². The summed E-state index contributed by atoms with van der Waals surface area (Å²) < 4.78 is 12.7. The lowest BCUT2D eigenvalue weighted by Crippen LogP contribution is -2.28. The predicted octanol–water partition coefficient (Wildman–Crippen LogP) is 5.84. The van der Waals surface area contributed by atoms with Gasteiger partial charge in [-0.05, 0) is 72.1 Å². The summed E-state index contributed by atoms with van der Waals surface area (Å²) >= 11 is 15.8. The van der Waals surface area contributed by atoms with Crippen molar-refractivity contribution in [2.45, 2.75) is 39.3 Å². The Bertz CT molecular complexity index is 911. The fourth-order valence-corrected chi connectivity index (χ4v) is 4.55. The van der Waals surface area contributed by atoms with Crippen molar-refractivity contribution >= 4 is 45.0 Å². The molecule has 1 amide bonds. The van der Waals surface area contributed by atoms with Gasteiger partial charge in [-0.2, -0.15) is 0 Å². The van der Waals surface area contributed by atoms with E-state index in [1.165, 1.54) is 0 Å². The van der Waals surface area contributed by atoms with E-state index in [1.54, 1.807) is 12.1 Å². The first-order valence-corrected chi connectivity index (χ1v) is 12.0. The molecule has 3 rings (SSSR count). The predicted molar refractivity (Wildman–Crippen MR) is 128 cm³/mol. The minimum Gasteiger partial charge on any atom is -0.490 e. The number of likely N-dealkylation sites (tertiary alicyclic amines) is 1. The Morgan fingerprint density at radius 2 is 2.03 bits per heavy atom. The molecule has 168 valence electrons. The second kappa shape index (κ2) is 12.0. The number of benzene rings is 2. The summed E-state index contributed by atoms with van der Waals surface area (Å²) in [5.41, 5.74) is 1.94. The first kappa shape index (κ1) is 24.2. The number of halogens is 3. The standard InChI is InChI=1S/C23H27BrCl2N2O3/c1-2-30-21-12-16(14-27-8-4-10-28-9-3-5-22(28)29)11-19(24)23(21)31-15-17-6-7-18(25)13-20(17)26/h6-7,11-13,27H,2-5,8-10,14-15H2,1H3. The number of nitrogens with one attached hydrogen (secondary N) is 1. The molecule has 0 saturated carbocycles. The summed E-state index contributed by atoms with van der Waals surface area (Å²) in [6.45, 7) is 6.05. The maximum Gasteiger partial charge on any atom is 0.222 e. The summed E-state index contributed by atoms with van der Waals surface area (Å²) in [4.78, 5) is 13.6. The monoisotopic (exact) mass is 528 g/mol. The van der Waals surface area contributed by atoms with E-state index in [2.05, 4.69) is 21.2 Å². The van der Waals surface area contributed by atoms with Crippen LogP contribution in [-0.4, -0.2) is 37.0 Å². The van der Waals surface area contributed by atoms with Crippen LogP contribution in [0.25, 0.3) is 0 Å². The molecule has 1 aliphatic rings. The Kier molecular flexibility index (Phi) is 9.32. The third-order valence-electron chi connectivity index (χ3n) is 5.04. The molecule has 0 aliphatic carbocycles. The first-order valence-electron chi connectivity index (χ1n) is 10.5. The zero-order valence-corrected chi connectivity index (χ0v) is 20.7. The molecule has 8 heteroatoms. The highest BCUT2D eigenvalue weighted by atomic mass is 79.9. The lowest BCUT2D eigenvalue weighted by molar-refractivity contribution is -0.127. The van der Waals surface area contributed by atoms with Gasteiger partial charge in [0.1, 0.15) is 6.61 Å². The second-order valence-electron chi connectivity index (χ2n) is 7.38. The van der Waals surface area contributed by atoms with Crippen LogP contribution in [0.3, 0.4) is 0 Å². The minimum absolute atomic E-state index is 0.278. The Balaban J connectivity index is 1.56. The van der Waals surface area contributed by atoms with Crippen LogP contribution in [0.2, 0.25) is 10.0 Å². The average Bonchev–Trinajstić information content (AvgIpc) is 3.13. The normalized spacial score (nSPS) is 13.7. The zero-order valence-electron chi connectivity index (χ0n) is 17.6. The summed E-state index contributed by atoms with van der Waals surface area (Å²) in [6.07, 6.45) is 2.62. The van der Waals surface area contributed by atoms with Crippen molar-refractivity contribution in [2.24, 2.45) is 0 Å². The van der Waals surface area contributed by atoms with Crippen molar-refractivity contribution in [3.63, 3.8) is 0 Å². The molecule has 0 radical (unpaired) electrons. The third kappa shape index (κ3) is 7.01. The molecule has 1 saturated heterocycles. The van der Waals surface area contributed by atoms with Crippen LogP contribution in [0, 0.1) is 0 Å². The lowest BCUT2D eigenvalue weighted by Gasteiger charge is -2.17. The number of nitrogens with zero attached hydrogens (tertiary/aromatic N) is 1. The van der Waals surface area contributed by atoms with Gasteiger partial charge in [0.2, 0.25) is 5.91 Å². The van der Waals surface area contributed by atoms with Crippen molar-refractivity contribution in [1.29, 1.82) is 0 Å². The van der Waals surface area contributed by atoms with Gasteiger partial charge in [-0.3, -0.25) is 4.79 Å². The average molecular weight is 530 g/mol. The number of carbonyl (C=O) groups is 1. The van der Waals surface area contributed by atoms with Gasteiger partial charge < -0.3 is 19.7 Å². The van der Waals surface area contributed by atoms with Crippen molar-refractivity contribution < 1.29 is 14.3 Å². The summed E-state index contributed by atoms with van der Waals surface area (Å²) in [5.74, 6) is 1.60. The van der Waals surface area contributed by atoms with Gasteiger partial charge in [-0.1, -0.05) is 29.3 Å². The van der Waals surface area contributed by atoms with Crippen molar-refractivity contribution in [3.05, 3.63) is 56.0 Å². The van der Waals surface area contributed by atoms with Gasteiger partial charge >= 0.3 is 0 Å². The molecule has 0 spiro atoms. The zero-order chi connectivity index (χ0) is 22.2. The van der Waals surface area contributed by atoms with Crippen LogP contribution in [-0.2, 0) is 17.9 Å². The van der Waals surface area contributed by atoms with Gasteiger partial charge in [-0.15, -0.1) is 0 Å². The maximum absolute atomic E-state index is 11.7.